The molecule has 0 N–H and O–H groups in total. The van der Waals surface area contributed by atoms with Crippen LogP contribution in [0.1, 0.15) is 18.2 Å². The van der Waals surface area contributed by atoms with Crippen LogP contribution in [-0.2, 0) is 22.5 Å². The van der Waals surface area contributed by atoms with Gasteiger partial charge in [-0.1, -0.05) is 66.8 Å². The Labute approximate surface area is 145 Å². The fourth-order valence-electron chi connectivity index (χ4n) is 2.65. The summed E-state index contributed by atoms with van der Waals surface area (Å²) in [4.78, 5) is 11.9. The number of nitrogens with zero attached hydrogens (tertiary/aromatic N) is 2. The largest absolute Gasteiger partial charge is 0.466 e. The molecule has 4 nitrogen and oxygen atoms in total. The van der Waals surface area contributed by atoms with Crippen molar-refractivity contribution in [2.75, 3.05) is 6.61 Å². The zero-order chi connectivity index (χ0) is 16.9. The summed E-state index contributed by atoms with van der Waals surface area (Å²) >= 11 is 5.60. The molecule has 0 amide bonds. The predicted octanol–water partition coefficient (Wildman–Crippen LogP) is 3.92. The van der Waals surface area contributed by atoms with E-state index in [0.717, 1.165) is 16.3 Å². The maximum atomic E-state index is 11.9. The molecule has 0 radical (unpaired) electrons. The monoisotopic (exact) mass is 338 g/mol. The van der Waals surface area contributed by atoms with Gasteiger partial charge in [0.2, 0.25) is 0 Å². The normalized spacial score (nSPS) is 10.7. The van der Waals surface area contributed by atoms with Crippen LogP contribution in [-0.4, -0.2) is 22.4 Å². The van der Waals surface area contributed by atoms with Crippen LogP contribution in [0.4, 0.5) is 0 Å². The summed E-state index contributed by atoms with van der Waals surface area (Å²) in [6.07, 6.45) is 0.138. The first-order chi connectivity index (χ1) is 11.7. The van der Waals surface area contributed by atoms with Gasteiger partial charge < -0.3 is 4.74 Å². The van der Waals surface area contributed by atoms with E-state index in [9.17, 15) is 4.79 Å². The van der Waals surface area contributed by atoms with E-state index in [-0.39, 0.29) is 12.4 Å². The summed E-state index contributed by atoms with van der Waals surface area (Å²) in [5.41, 5.74) is 1.80. The Kier molecular flexibility index (Phi) is 5.01. The molecule has 0 aliphatic heterocycles. The fraction of sp³-hybridized carbons (Fsp3) is 0.211. The Balaban J connectivity index is 2.07. The Hall–Kier alpha value is -2.53. The minimum Gasteiger partial charge on any atom is -0.466 e. The second-order valence-corrected chi connectivity index (χ2v) is 5.81. The number of carbonyl (C=O) groups excluding carboxylic acids is 1. The molecule has 1 aromatic heterocycles. The molecule has 2 aromatic carbocycles. The number of rotatable bonds is 5. The lowest BCUT2D eigenvalue weighted by Gasteiger charge is -2.12. The number of esters is 1. The van der Waals surface area contributed by atoms with Crippen molar-refractivity contribution in [1.29, 1.82) is 0 Å². The lowest BCUT2D eigenvalue weighted by Crippen LogP contribution is -2.14. The minimum atomic E-state index is -0.279. The van der Waals surface area contributed by atoms with Crippen molar-refractivity contribution in [2.45, 2.75) is 19.9 Å². The van der Waals surface area contributed by atoms with Crippen molar-refractivity contribution in [3.05, 3.63) is 70.5 Å². The molecule has 1 heterocycles. The standard InChI is InChI=1S/C19H18N2O2S/c1-2-23-18(22)12-17-15-10-6-7-11-16(15)19(24)21(20-17)13-14-8-4-3-5-9-14/h3-11H,2,12-13H2,1H3. The van der Waals surface area contributed by atoms with Gasteiger partial charge in [-0.15, -0.1) is 0 Å². The number of fused-ring (bicyclic) bond motifs is 1. The Morgan fingerprint density at radius 1 is 1.08 bits per heavy atom. The number of hydrogen-bond donors (Lipinski definition) is 0. The lowest BCUT2D eigenvalue weighted by atomic mass is 10.1. The average Bonchev–Trinajstić information content (AvgIpc) is 2.60. The van der Waals surface area contributed by atoms with Gasteiger partial charge in [-0.2, -0.15) is 5.10 Å². The summed E-state index contributed by atoms with van der Waals surface area (Å²) < 4.78 is 7.52. The van der Waals surface area contributed by atoms with Gasteiger partial charge in [-0.3, -0.25) is 4.79 Å². The van der Waals surface area contributed by atoms with Crippen LogP contribution < -0.4 is 0 Å². The number of carbonyl (C=O) groups is 1. The first kappa shape index (κ1) is 16.3. The molecule has 0 fully saturated rings. The summed E-state index contributed by atoms with van der Waals surface area (Å²) in [5, 5.41) is 6.46. The highest BCUT2D eigenvalue weighted by Crippen LogP contribution is 2.20. The molecular weight excluding hydrogens is 320 g/mol. The van der Waals surface area contributed by atoms with E-state index in [2.05, 4.69) is 5.10 Å². The van der Waals surface area contributed by atoms with E-state index in [4.69, 9.17) is 17.0 Å². The molecule has 3 rings (SSSR count). The molecular formula is C19H18N2O2S. The van der Waals surface area contributed by atoms with Gasteiger partial charge in [-0.05, 0) is 12.5 Å². The van der Waals surface area contributed by atoms with Crippen LogP contribution in [0, 0.1) is 4.64 Å². The van der Waals surface area contributed by atoms with E-state index in [0.29, 0.717) is 23.5 Å². The summed E-state index contributed by atoms with van der Waals surface area (Å²) in [6.45, 7) is 2.73. The van der Waals surface area contributed by atoms with Gasteiger partial charge in [-0.25, -0.2) is 4.68 Å². The van der Waals surface area contributed by atoms with Gasteiger partial charge in [0.05, 0.1) is 25.3 Å². The number of ether oxygens (including phenoxy) is 1. The number of aromatic nitrogens is 2. The molecule has 0 saturated heterocycles. The smallest absolute Gasteiger partial charge is 0.311 e. The highest BCUT2D eigenvalue weighted by Gasteiger charge is 2.13. The fourth-order valence-corrected chi connectivity index (χ4v) is 2.93. The molecule has 0 atom stereocenters. The molecule has 122 valence electrons. The van der Waals surface area contributed by atoms with Crippen molar-refractivity contribution < 1.29 is 9.53 Å². The van der Waals surface area contributed by atoms with Crippen LogP contribution >= 0.6 is 12.2 Å². The van der Waals surface area contributed by atoms with Gasteiger partial charge >= 0.3 is 5.97 Å². The van der Waals surface area contributed by atoms with E-state index < -0.39 is 0 Å². The quantitative estimate of drug-likeness (QED) is 0.522. The van der Waals surface area contributed by atoms with Gasteiger partial charge in [0.25, 0.3) is 0 Å². The first-order valence-electron chi connectivity index (χ1n) is 7.87. The van der Waals surface area contributed by atoms with Crippen molar-refractivity contribution in [1.82, 2.24) is 9.78 Å². The zero-order valence-electron chi connectivity index (χ0n) is 13.4. The molecule has 0 aliphatic carbocycles. The third-order valence-electron chi connectivity index (χ3n) is 3.74. The van der Waals surface area contributed by atoms with E-state index in [1.54, 1.807) is 11.6 Å². The summed E-state index contributed by atoms with van der Waals surface area (Å²) in [5.74, 6) is -0.279. The third-order valence-corrected chi connectivity index (χ3v) is 4.17. The molecule has 0 bridgehead atoms. The van der Waals surface area contributed by atoms with Crippen LogP contribution in [0.3, 0.4) is 0 Å². The molecule has 0 unspecified atom stereocenters. The lowest BCUT2D eigenvalue weighted by molar-refractivity contribution is -0.142. The minimum absolute atomic E-state index is 0.138. The van der Waals surface area contributed by atoms with Crippen molar-refractivity contribution in [3.63, 3.8) is 0 Å². The maximum Gasteiger partial charge on any atom is 0.311 e. The molecule has 0 aliphatic rings. The second kappa shape index (κ2) is 7.36. The van der Waals surface area contributed by atoms with Crippen LogP contribution in [0.15, 0.2) is 54.6 Å². The van der Waals surface area contributed by atoms with Crippen molar-refractivity contribution in [2.24, 2.45) is 0 Å². The number of hydrogen-bond acceptors (Lipinski definition) is 4. The van der Waals surface area contributed by atoms with Crippen LogP contribution in [0.25, 0.3) is 10.8 Å². The first-order valence-corrected chi connectivity index (χ1v) is 8.28. The Morgan fingerprint density at radius 3 is 2.46 bits per heavy atom. The van der Waals surface area contributed by atoms with E-state index in [1.807, 2.05) is 54.6 Å². The number of benzene rings is 2. The topological polar surface area (TPSA) is 44.1 Å². The van der Waals surface area contributed by atoms with Crippen LogP contribution in [0.2, 0.25) is 0 Å². The van der Waals surface area contributed by atoms with E-state index >= 15 is 0 Å². The van der Waals surface area contributed by atoms with E-state index in [1.165, 1.54) is 0 Å². The highest BCUT2D eigenvalue weighted by atomic mass is 32.1. The second-order valence-electron chi connectivity index (χ2n) is 5.42. The van der Waals surface area contributed by atoms with Crippen molar-refractivity contribution in [3.8, 4) is 0 Å². The molecule has 0 spiro atoms. The third kappa shape index (κ3) is 3.51. The van der Waals surface area contributed by atoms with Gasteiger partial charge in [0.15, 0.2) is 0 Å². The van der Waals surface area contributed by atoms with Crippen LogP contribution in [0.5, 0.6) is 0 Å². The highest BCUT2D eigenvalue weighted by molar-refractivity contribution is 7.71. The summed E-state index contributed by atoms with van der Waals surface area (Å²) in [6, 6.07) is 17.8. The SMILES string of the molecule is CCOC(=O)Cc1nn(Cc2ccccc2)c(=S)c2ccccc12. The Bertz CT molecular complexity index is 920. The molecule has 24 heavy (non-hydrogen) atoms. The molecule has 0 saturated carbocycles. The van der Waals surface area contributed by atoms with Crippen molar-refractivity contribution >= 4 is 29.0 Å². The average molecular weight is 338 g/mol. The molecule has 5 heteroatoms. The molecule has 3 aromatic rings. The van der Waals surface area contributed by atoms with Gasteiger partial charge in [0, 0.05) is 10.8 Å². The van der Waals surface area contributed by atoms with Gasteiger partial charge in [0.1, 0.15) is 4.64 Å². The maximum absolute atomic E-state index is 11.9. The predicted molar refractivity (Wildman–Crippen MR) is 96.4 cm³/mol. The zero-order valence-corrected chi connectivity index (χ0v) is 14.3. The Morgan fingerprint density at radius 2 is 1.75 bits per heavy atom. The summed E-state index contributed by atoms with van der Waals surface area (Å²) in [7, 11) is 0.